The number of thioether (sulfide) groups is 1. The topological polar surface area (TPSA) is 97.8 Å². The van der Waals surface area contributed by atoms with Gasteiger partial charge in [-0.1, -0.05) is 23.6 Å². The maximum absolute atomic E-state index is 13.5. The maximum Gasteiger partial charge on any atom is 0.253 e. The van der Waals surface area contributed by atoms with Crippen LogP contribution in [0.3, 0.4) is 0 Å². The normalized spacial score (nSPS) is 10.0. The number of rotatable bonds is 3. The van der Waals surface area contributed by atoms with Crippen LogP contribution >= 0.6 is 11.8 Å². The summed E-state index contributed by atoms with van der Waals surface area (Å²) in [6, 6.07) is 5.72. The van der Waals surface area contributed by atoms with Crippen molar-refractivity contribution in [1.82, 2.24) is 9.97 Å². The Hall–Kier alpha value is -2.30. The molecule has 5 nitrogen and oxygen atoms in total. The first-order valence-corrected chi connectivity index (χ1v) is 7.03. The third-order valence-electron chi connectivity index (χ3n) is 2.41. The van der Waals surface area contributed by atoms with Gasteiger partial charge in [0.15, 0.2) is 5.16 Å². The summed E-state index contributed by atoms with van der Waals surface area (Å²) in [4.78, 5) is 17.8. The molecule has 0 saturated carbocycles. The van der Waals surface area contributed by atoms with E-state index in [2.05, 4.69) is 21.8 Å². The number of halogens is 1. The molecule has 1 aromatic carbocycles. The van der Waals surface area contributed by atoms with E-state index >= 15 is 0 Å². The number of aromatic nitrogens is 2. The molecule has 0 aliphatic carbocycles. The number of hydrogen-bond acceptors (Lipinski definition) is 5. The van der Waals surface area contributed by atoms with Gasteiger partial charge in [0.2, 0.25) is 0 Å². The molecule has 0 saturated heterocycles. The molecule has 0 unspecified atom stereocenters. The zero-order valence-corrected chi connectivity index (χ0v) is 11.8. The molecule has 0 bridgehead atoms. The number of aromatic amines is 1. The molecule has 0 atom stereocenters. The number of nitrogens with two attached hydrogens (primary N) is 2. The SMILES string of the molecule is NCC#Cc1cc(F)cc(CSc2nc(N)cc(=O)[nH]2)c1. The summed E-state index contributed by atoms with van der Waals surface area (Å²) in [6.45, 7) is 0.217. The van der Waals surface area contributed by atoms with Gasteiger partial charge in [-0.3, -0.25) is 4.79 Å². The number of benzene rings is 1. The molecule has 0 fully saturated rings. The Morgan fingerprint density at radius 3 is 2.86 bits per heavy atom. The quantitative estimate of drug-likeness (QED) is 0.448. The van der Waals surface area contributed by atoms with E-state index in [0.29, 0.717) is 16.5 Å². The third kappa shape index (κ3) is 4.63. The van der Waals surface area contributed by atoms with Crippen LogP contribution < -0.4 is 17.0 Å². The molecule has 0 aliphatic rings. The van der Waals surface area contributed by atoms with E-state index in [1.807, 2.05) is 0 Å². The van der Waals surface area contributed by atoms with Crippen molar-refractivity contribution >= 4 is 17.6 Å². The highest BCUT2D eigenvalue weighted by molar-refractivity contribution is 7.98. The van der Waals surface area contributed by atoms with Crippen LogP contribution in [0.5, 0.6) is 0 Å². The van der Waals surface area contributed by atoms with E-state index in [9.17, 15) is 9.18 Å². The zero-order valence-electron chi connectivity index (χ0n) is 11.0. The van der Waals surface area contributed by atoms with Gasteiger partial charge in [-0.15, -0.1) is 0 Å². The van der Waals surface area contributed by atoms with Gasteiger partial charge in [0.1, 0.15) is 11.6 Å². The Labute approximate surface area is 125 Å². The molecule has 7 heteroatoms. The number of nitrogens with one attached hydrogen (secondary N) is 1. The van der Waals surface area contributed by atoms with Gasteiger partial charge in [0.25, 0.3) is 5.56 Å². The molecule has 0 aliphatic heterocycles. The number of nitrogens with zero attached hydrogens (tertiary/aromatic N) is 1. The fraction of sp³-hybridized carbons (Fsp3) is 0.143. The van der Waals surface area contributed by atoms with Crippen molar-refractivity contribution < 1.29 is 4.39 Å². The van der Waals surface area contributed by atoms with Crippen LogP contribution in [0, 0.1) is 17.7 Å². The second kappa shape index (κ2) is 6.92. The Balaban J connectivity index is 2.16. The lowest BCUT2D eigenvalue weighted by Gasteiger charge is -2.03. The molecule has 21 heavy (non-hydrogen) atoms. The van der Waals surface area contributed by atoms with E-state index in [1.165, 1.54) is 30.0 Å². The highest BCUT2D eigenvalue weighted by Gasteiger charge is 2.03. The second-order valence-corrected chi connectivity index (χ2v) is 5.08. The summed E-state index contributed by atoms with van der Waals surface area (Å²) in [5.74, 6) is 5.67. The molecule has 1 heterocycles. The van der Waals surface area contributed by atoms with Gasteiger partial charge in [-0.25, -0.2) is 9.37 Å². The first-order valence-electron chi connectivity index (χ1n) is 6.05. The van der Waals surface area contributed by atoms with Crippen LogP contribution in [0.15, 0.2) is 34.2 Å². The molecular formula is C14H13FN4OS. The summed E-state index contributed by atoms with van der Waals surface area (Å²) < 4.78 is 13.5. The largest absolute Gasteiger partial charge is 0.383 e. The number of nitrogen functional groups attached to an aromatic ring is 1. The highest BCUT2D eigenvalue weighted by Crippen LogP contribution is 2.20. The van der Waals surface area contributed by atoms with Crippen molar-refractivity contribution in [3.8, 4) is 11.8 Å². The van der Waals surface area contributed by atoms with Crippen LogP contribution in [-0.2, 0) is 5.75 Å². The van der Waals surface area contributed by atoms with Gasteiger partial charge in [0, 0.05) is 17.4 Å². The van der Waals surface area contributed by atoms with Crippen LogP contribution in [0.4, 0.5) is 10.2 Å². The fourth-order valence-corrected chi connectivity index (χ4v) is 2.45. The standard InChI is InChI=1S/C14H13FN4OS/c15-11-5-9(2-1-3-16)4-10(6-11)8-21-14-18-12(17)7-13(20)19-14/h4-7H,3,8,16H2,(H3,17,18,19,20). The summed E-state index contributed by atoms with van der Waals surface area (Å²) >= 11 is 1.26. The molecule has 0 spiro atoms. The Morgan fingerprint density at radius 1 is 1.33 bits per heavy atom. The second-order valence-electron chi connectivity index (χ2n) is 4.12. The molecule has 2 aromatic rings. The molecule has 1 aromatic heterocycles. The Morgan fingerprint density at radius 2 is 2.14 bits per heavy atom. The van der Waals surface area contributed by atoms with E-state index < -0.39 is 0 Å². The lowest BCUT2D eigenvalue weighted by Crippen LogP contribution is -2.09. The van der Waals surface area contributed by atoms with Crippen molar-refractivity contribution in [3.05, 3.63) is 51.6 Å². The van der Waals surface area contributed by atoms with Gasteiger partial charge in [-0.05, 0) is 23.8 Å². The first kappa shape index (κ1) is 15.1. The van der Waals surface area contributed by atoms with E-state index in [-0.39, 0.29) is 23.7 Å². The molecular weight excluding hydrogens is 291 g/mol. The van der Waals surface area contributed by atoms with Crippen molar-refractivity contribution in [2.75, 3.05) is 12.3 Å². The average Bonchev–Trinajstić information content (AvgIpc) is 2.41. The lowest BCUT2D eigenvalue weighted by atomic mass is 10.1. The van der Waals surface area contributed by atoms with Crippen LogP contribution in [-0.4, -0.2) is 16.5 Å². The molecule has 5 N–H and O–H groups in total. The van der Waals surface area contributed by atoms with Gasteiger partial charge >= 0.3 is 0 Å². The monoisotopic (exact) mass is 304 g/mol. The van der Waals surface area contributed by atoms with Gasteiger partial charge in [0.05, 0.1) is 6.54 Å². The van der Waals surface area contributed by atoms with Gasteiger partial charge < -0.3 is 16.5 Å². The number of hydrogen-bond donors (Lipinski definition) is 3. The van der Waals surface area contributed by atoms with E-state index in [0.717, 1.165) is 5.56 Å². The average molecular weight is 304 g/mol. The van der Waals surface area contributed by atoms with E-state index in [1.54, 1.807) is 6.07 Å². The van der Waals surface area contributed by atoms with Crippen molar-refractivity contribution in [3.63, 3.8) is 0 Å². The summed E-state index contributed by atoms with van der Waals surface area (Å²) in [5, 5.41) is 0.388. The fourth-order valence-electron chi connectivity index (χ4n) is 1.63. The number of anilines is 1. The third-order valence-corrected chi connectivity index (χ3v) is 3.35. The minimum atomic E-state index is -0.372. The summed E-state index contributed by atoms with van der Waals surface area (Å²) in [7, 11) is 0. The molecule has 108 valence electrons. The summed E-state index contributed by atoms with van der Waals surface area (Å²) in [6.07, 6.45) is 0. The predicted octanol–water partition coefficient (Wildman–Crippen LogP) is 1.09. The summed E-state index contributed by atoms with van der Waals surface area (Å²) in [5.41, 5.74) is 11.8. The zero-order chi connectivity index (χ0) is 15.2. The predicted molar refractivity (Wildman–Crippen MR) is 81.2 cm³/mol. The van der Waals surface area contributed by atoms with Gasteiger partial charge in [-0.2, -0.15) is 0 Å². The van der Waals surface area contributed by atoms with Crippen LogP contribution in [0.2, 0.25) is 0 Å². The van der Waals surface area contributed by atoms with E-state index in [4.69, 9.17) is 11.5 Å². The van der Waals surface area contributed by atoms with Crippen molar-refractivity contribution in [1.29, 1.82) is 0 Å². The van der Waals surface area contributed by atoms with Crippen LogP contribution in [0.1, 0.15) is 11.1 Å². The minimum absolute atomic E-state index is 0.148. The number of H-pyrrole nitrogens is 1. The first-order chi connectivity index (χ1) is 10.1. The smallest absolute Gasteiger partial charge is 0.253 e. The minimum Gasteiger partial charge on any atom is -0.383 e. The molecule has 0 amide bonds. The van der Waals surface area contributed by atoms with Crippen molar-refractivity contribution in [2.24, 2.45) is 5.73 Å². The highest BCUT2D eigenvalue weighted by atomic mass is 32.2. The maximum atomic E-state index is 13.5. The van der Waals surface area contributed by atoms with Crippen molar-refractivity contribution in [2.45, 2.75) is 10.9 Å². The van der Waals surface area contributed by atoms with Crippen LogP contribution in [0.25, 0.3) is 0 Å². The molecule has 0 radical (unpaired) electrons. The Kier molecular flexibility index (Phi) is 4.98. The lowest BCUT2D eigenvalue weighted by molar-refractivity contribution is 0.626. The Bertz CT molecular complexity index is 764. The molecule has 2 rings (SSSR count).